The molecule has 0 saturated heterocycles. The molecule has 0 aromatic carbocycles. The molecule has 0 aliphatic heterocycles. The zero-order valence-corrected chi connectivity index (χ0v) is 7.65. The minimum absolute atomic E-state index is 0.403. The van der Waals surface area contributed by atoms with E-state index >= 15 is 0 Å². The van der Waals surface area contributed by atoms with Crippen molar-refractivity contribution in [2.75, 3.05) is 11.9 Å². The Labute approximate surface area is 72.6 Å². The average molecular weight is 165 g/mol. The fourth-order valence-electron chi connectivity index (χ4n) is 1.36. The summed E-state index contributed by atoms with van der Waals surface area (Å²) in [6.45, 7) is 5.28. The van der Waals surface area contributed by atoms with Gasteiger partial charge in [0.1, 0.15) is 5.82 Å². The highest BCUT2D eigenvalue weighted by atomic mass is 15.2. The largest absolute Gasteiger partial charge is 0.369 e. The summed E-state index contributed by atoms with van der Waals surface area (Å²) in [6, 6.07) is 2.12. The van der Waals surface area contributed by atoms with Crippen LogP contribution in [0.2, 0.25) is 0 Å². The fraction of sp³-hybridized carbons (Fsp3) is 0.667. The molecule has 1 fully saturated rings. The molecule has 3 nitrogen and oxygen atoms in total. The maximum atomic E-state index is 4.18. The Morgan fingerprint density at radius 1 is 1.67 bits per heavy atom. The molecule has 1 heterocycles. The van der Waals surface area contributed by atoms with Crippen molar-refractivity contribution in [3.8, 4) is 0 Å². The minimum Gasteiger partial charge on any atom is -0.369 e. The van der Waals surface area contributed by atoms with Crippen molar-refractivity contribution in [3.63, 3.8) is 0 Å². The van der Waals surface area contributed by atoms with Gasteiger partial charge in [0.05, 0.1) is 0 Å². The van der Waals surface area contributed by atoms with Crippen LogP contribution in [0.3, 0.4) is 0 Å². The number of aromatic amines is 1. The van der Waals surface area contributed by atoms with E-state index in [1.54, 1.807) is 0 Å². The zero-order valence-electron chi connectivity index (χ0n) is 7.65. The maximum Gasteiger partial charge on any atom is 0.148 e. The summed E-state index contributed by atoms with van der Waals surface area (Å²) in [6.07, 6.45) is 2.58. The number of H-pyrrole nitrogens is 1. The van der Waals surface area contributed by atoms with E-state index in [4.69, 9.17) is 0 Å². The lowest BCUT2D eigenvalue weighted by Crippen LogP contribution is -1.99. The molecule has 3 heteroatoms. The molecule has 0 bridgehead atoms. The highest BCUT2D eigenvalue weighted by molar-refractivity contribution is 5.39. The molecule has 1 aliphatic carbocycles. The molecule has 1 aromatic rings. The van der Waals surface area contributed by atoms with Crippen molar-refractivity contribution >= 4 is 5.82 Å². The van der Waals surface area contributed by atoms with Gasteiger partial charge in [-0.15, -0.1) is 0 Å². The number of nitrogens with zero attached hydrogens (tertiary/aromatic N) is 1. The molecule has 1 aromatic heterocycles. The van der Waals surface area contributed by atoms with Crippen LogP contribution in [-0.2, 0) is 5.41 Å². The molecular weight excluding hydrogens is 150 g/mol. The van der Waals surface area contributed by atoms with Crippen molar-refractivity contribution in [1.29, 1.82) is 0 Å². The van der Waals surface area contributed by atoms with Crippen LogP contribution >= 0.6 is 0 Å². The van der Waals surface area contributed by atoms with E-state index in [0.717, 1.165) is 12.4 Å². The smallest absolute Gasteiger partial charge is 0.148 e. The molecule has 0 atom stereocenters. The van der Waals surface area contributed by atoms with Crippen LogP contribution in [-0.4, -0.2) is 16.7 Å². The van der Waals surface area contributed by atoms with Gasteiger partial charge in [0.2, 0.25) is 0 Å². The van der Waals surface area contributed by atoms with Crippen LogP contribution in [0.4, 0.5) is 5.82 Å². The van der Waals surface area contributed by atoms with Gasteiger partial charge in [-0.25, -0.2) is 0 Å². The predicted octanol–water partition coefficient (Wildman–Crippen LogP) is 1.89. The minimum atomic E-state index is 0.403. The highest BCUT2D eigenvalue weighted by Gasteiger charge is 2.40. The number of hydrogen-bond acceptors (Lipinski definition) is 2. The van der Waals surface area contributed by atoms with E-state index in [-0.39, 0.29) is 0 Å². The summed E-state index contributed by atoms with van der Waals surface area (Å²) in [5, 5.41) is 10.4. The number of anilines is 1. The lowest BCUT2D eigenvalue weighted by Gasteiger charge is -2.01. The summed E-state index contributed by atoms with van der Waals surface area (Å²) in [5.74, 6) is 0.973. The van der Waals surface area contributed by atoms with Crippen molar-refractivity contribution in [3.05, 3.63) is 11.8 Å². The number of hydrogen-bond donors (Lipinski definition) is 2. The van der Waals surface area contributed by atoms with Gasteiger partial charge >= 0.3 is 0 Å². The van der Waals surface area contributed by atoms with Gasteiger partial charge < -0.3 is 5.32 Å². The lowest BCUT2D eigenvalue weighted by molar-refractivity contribution is 0.742. The SMILES string of the molecule is CCNc1cc(C2(C)CC2)[nH]n1. The third-order valence-corrected chi connectivity index (χ3v) is 2.59. The fourth-order valence-corrected chi connectivity index (χ4v) is 1.36. The second-order valence-electron chi connectivity index (χ2n) is 3.76. The Hall–Kier alpha value is -0.990. The topological polar surface area (TPSA) is 40.7 Å². The monoisotopic (exact) mass is 165 g/mol. The Morgan fingerprint density at radius 3 is 3.00 bits per heavy atom. The van der Waals surface area contributed by atoms with E-state index in [9.17, 15) is 0 Å². The molecular formula is C9H15N3. The predicted molar refractivity (Wildman–Crippen MR) is 49.3 cm³/mol. The van der Waals surface area contributed by atoms with Crippen LogP contribution in [0.5, 0.6) is 0 Å². The lowest BCUT2D eigenvalue weighted by atomic mass is 10.1. The molecule has 0 amide bonds. The average Bonchev–Trinajstić information content (AvgIpc) is 2.64. The summed E-state index contributed by atoms with van der Waals surface area (Å²) >= 11 is 0. The molecule has 1 aliphatic rings. The third-order valence-electron chi connectivity index (χ3n) is 2.59. The van der Waals surface area contributed by atoms with Crippen molar-refractivity contribution in [1.82, 2.24) is 10.2 Å². The standard InChI is InChI=1S/C9H15N3/c1-3-10-8-6-7(11-12-8)9(2)4-5-9/h6H,3-5H2,1-2H3,(H2,10,11,12). The second-order valence-corrected chi connectivity index (χ2v) is 3.76. The van der Waals surface area contributed by atoms with E-state index < -0.39 is 0 Å². The first-order chi connectivity index (χ1) is 5.74. The zero-order chi connectivity index (χ0) is 8.60. The van der Waals surface area contributed by atoms with Gasteiger partial charge in [-0.2, -0.15) is 5.10 Å². The van der Waals surface area contributed by atoms with E-state index in [1.807, 2.05) is 0 Å². The van der Waals surface area contributed by atoms with Gasteiger partial charge in [0.25, 0.3) is 0 Å². The van der Waals surface area contributed by atoms with Gasteiger partial charge in [0, 0.05) is 23.7 Å². The van der Waals surface area contributed by atoms with Crippen LogP contribution in [0.15, 0.2) is 6.07 Å². The van der Waals surface area contributed by atoms with Crippen molar-refractivity contribution < 1.29 is 0 Å². The van der Waals surface area contributed by atoms with Gasteiger partial charge in [0.15, 0.2) is 0 Å². The first-order valence-electron chi connectivity index (χ1n) is 4.54. The van der Waals surface area contributed by atoms with Crippen LogP contribution in [0.1, 0.15) is 32.4 Å². The summed E-state index contributed by atoms with van der Waals surface area (Å²) < 4.78 is 0. The summed E-state index contributed by atoms with van der Waals surface area (Å²) in [5.41, 5.74) is 1.68. The quantitative estimate of drug-likeness (QED) is 0.718. The van der Waals surface area contributed by atoms with Gasteiger partial charge in [-0.05, 0) is 19.8 Å². The normalized spacial score (nSPS) is 19.2. The molecule has 0 radical (unpaired) electrons. The highest BCUT2D eigenvalue weighted by Crippen LogP contribution is 2.46. The Morgan fingerprint density at radius 2 is 2.42 bits per heavy atom. The first kappa shape index (κ1) is 7.65. The van der Waals surface area contributed by atoms with Crippen molar-refractivity contribution in [2.24, 2.45) is 0 Å². The summed E-state index contributed by atoms with van der Waals surface area (Å²) in [7, 11) is 0. The van der Waals surface area contributed by atoms with Crippen LogP contribution < -0.4 is 5.32 Å². The number of aromatic nitrogens is 2. The molecule has 2 N–H and O–H groups in total. The molecule has 0 spiro atoms. The van der Waals surface area contributed by atoms with E-state index in [0.29, 0.717) is 5.41 Å². The summed E-state index contributed by atoms with van der Waals surface area (Å²) in [4.78, 5) is 0. The molecule has 66 valence electrons. The molecule has 1 saturated carbocycles. The number of nitrogens with one attached hydrogen (secondary N) is 2. The Bertz CT molecular complexity index is 273. The molecule has 0 unspecified atom stereocenters. The second kappa shape index (κ2) is 2.51. The van der Waals surface area contributed by atoms with Crippen LogP contribution in [0.25, 0.3) is 0 Å². The van der Waals surface area contributed by atoms with Gasteiger partial charge in [-0.3, -0.25) is 5.10 Å². The Kier molecular flexibility index (Phi) is 1.60. The molecule has 12 heavy (non-hydrogen) atoms. The van der Waals surface area contributed by atoms with E-state index in [1.165, 1.54) is 18.5 Å². The Balaban J connectivity index is 2.13. The number of rotatable bonds is 3. The molecule has 2 rings (SSSR count). The first-order valence-corrected chi connectivity index (χ1v) is 4.54. The maximum absolute atomic E-state index is 4.18. The van der Waals surface area contributed by atoms with Gasteiger partial charge in [-0.1, -0.05) is 6.92 Å². The van der Waals surface area contributed by atoms with Crippen LogP contribution in [0, 0.1) is 0 Å². The third kappa shape index (κ3) is 1.19. The van der Waals surface area contributed by atoms with E-state index in [2.05, 4.69) is 35.4 Å². The van der Waals surface area contributed by atoms with Crippen molar-refractivity contribution in [2.45, 2.75) is 32.1 Å².